The fraction of sp³-hybridized carbons (Fsp3) is 0.722. The summed E-state index contributed by atoms with van der Waals surface area (Å²) >= 11 is 1.73. The monoisotopic (exact) mass is 340 g/mol. The molecule has 1 aromatic rings. The van der Waals surface area contributed by atoms with Crippen LogP contribution in [-0.2, 0) is 11.2 Å². The Balaban J connectivity index is 2.50. The third-order valence-electron chi connectivity index (χ3n) is 3.37. The number of thiophene rings is 1. The summed E-state index contributed by atoms with van der Waals surface area (Å²) in [5.41, 5.74) is 0.621. The Morgan fingerprint density at radius 1 is 1.30 bits per heavy atom. The Morgan fingerprint density at radius 2 is 1.96 bits per heavy atom. The predicted octanol–water partition coefficient (Wildman–Crippen LogP) is 4.30. The van der Waals surface area contributed by atoms with Crippen molar-refractivity contribution in [3.63, 3.8) is 0 Å². The molecule has 1 N–H and O–H groups in total. The van der Waals surface area contributed by atoms with Gasteiger partial charge in [0.2, 0.25) is 0 Å². The Hall–Kier alpha value is -1.07. The van der Waals surface area contributed by atoms with Gasteiger partial charge in [-0.05, 0) is 77.3 Å². The number of carbonyl (C=O) groups is 1. The Bertz CT molecular complexity index is 472. The van der Waals surface area contributed by atoms with Gasteiger partial charge >= 0.3 is 6.09 Å². The second-order valence-electron chi connectivity index (χ2n) is 7.99. The molecule has 1 atom stereocenters. The molecule has 0 saturated heterocycles. The van der Waals surface area contributed by atoms with Crippen LogP contribution in [0.3, 0.4) is 0 Å². The van der Waals surface area contributed by atoms with E-state index in [0.717, 1.165) is 13.0 Å². The van der Waals surface area contributed by atoms with Crippen LogP contribution >= 0.6 is 11.3 Å². The van der Waals surface area contributed by atoms with Gasteiger partial charge in [0.25, 0.3) is 0 Å². The van der Waals surface area contributed by atoms with Crippen LogP contribution in [0.5, 0.6) is 0 Å². The third kappa shape index (κ3) is 7.84. The highest BCUT2D eigenvalue weighted by molar-refractivity contribution is 7.07. The van der Waals surface area contributed by atoms with Gasteiger partial charge in [0.1, 0.15) is 5.60 Å². The third-order valence-corrected chi connectivity index (χ3v) is 4.11. The minimum Gasteiger partial charge on any atom is -0.444 e. The van der Waals surface area contributed by atoms with E-state index in [2.05, 4.69) is 29.1 Å². The van der Waals surface area contributed by atoms with E-state index in [9.17, 15) is 4.79 Å². The smallest absolute Gasteiger partial charge is 0.410 e. The molecule has 1 rings (SSSR count). The zero-order valence-electron chi connectivity index (χ0n) is 15.6. The maximum atomic E-state index is 12.4. The molecule has 0 aliphatic rings. The van der Waals surface area contributed by atoms with E-state index in [0.29, 0.717) is 12.6 Å². The number of ether oxygens (including phenoxy) is 1. The molecule has 1 aromatic heterocycles. The molecule has 0 fully saturated rings. The number of hydrogen-bond donors (Lipinski definition) is 1. The minimum atomic E-state index is -0.472. The lowest BCUT2D eigenvalue weighted by atomic mass is 10.1. The van der Waals surface area contributed by atoms with Crippen LogP contribution in [0.15, 0.2) is 16.8 Å². The number of rotatable bonds is 6. The molecule has 0 bridgehead atoms. The largest absolute Gasteiger partial charge is 0.444 e. The SMILES string of the molecule is CC(Cc1ccsc1)NCCN(C(=O)OC(C)(C)C)C(C)(C)C. The lowest BCUT2D eigenvalue weighted by Crippen LogP contribution is -2.50. The van der Waals surface area contributed by atoms with Gasteiger partial charge in [-0.3, -0.25) is 0 Å². The van der Waals surface area contributed by atoms with Crippen LogP contribution in [-0.4, -0.2) is 41.3 Å². The van der Waals surface area contributed by atoms with Crippen molar-refractivity contribution in [2.45, 2.75) is 72.1 Å². The van der Waals surface area contributed by atoms with Gasteiger partial charge in [-0.25, -0.2) is 4.79 Å². The quantitative estimate of drug-likeness (QED) is 0.839. The van der Waals surface area contributed by atoms with E-state index in [1.165, 1.54) is 5.56 Å². The number of nitrogens with one attached hydrogen (secondary N) is 1. The Kier molecular flexibility index (Phi) is 7.08. The van der Waals surface area contributed by atoms with E-state index >= 15 is 0 Å². The highest BCUT2D eigenvalue weighted by Crippen LogP contribution is 2.18. The predicted molar refractivity (Wildman–Crippen MR) is 98.2 cm³/mol. The molecule has 4 nitrogen and oxygen atoms in total. The van der Waals surface area contributed by atoms with E-state index < -0.39 is 5.60 Å². The number of carbonyl (C=O) groups excluding carboxylic acids is 1. The molecular formula is C18H32N2O2S. The molecular weight excluding hydrogens is 308 g/mol. The van der Waals surface area contributed by atoms with Crippen molar-refractivity contribution in [1.82, 2.24) is 10.2 Å². The van der Waals surface area contributed by atoms with Crippen LogP contribution in [0.4, 0.5) is 4.79 Å². The summed E-state index contributed by atoms with van der Waals surface area (Å²) in [5, 5.41) is 7.78. The summed E-state index contributed by atoms with van der Waals surface area (Å²) in [4.78, 5) is 14.2. The van der Waals surface area contributed by atoms with Crippen molar-refractivity contribution >= 4 is 17.4 Å². The molecule has 1 amide bonds. The molecule has 1 unspecified atom stereocenters. The second kappa shape index (κ2) is 8.15. The zero-order chi connectivity index (χ0) is 17.7. The van der Waals surface area contributed by atoms with E-state index in [4.69, 9.17) is 4.74 Å². The fourth-order valence-electron chi connectivity index (χ4n) is 2.27. The van der Waals surface area contributed by atoms with Gasteiger partial charge in [-0.2, -0.15) is 11.3 Å². The maximum absolute atomic E-state index is 12.4. The summed E-state index contributed by atoms with van der Waals surface area (Å²) in [6.07, 6.45) is 0.753. The topological polar surface area (TPSA) is 41.6 Å². The molecule has 0 radical (unpaired) electrons. The van der Waals surface area contributed by atoms with E-state index in [1.807, 2.05) is 41.5 Å². The van der Waals surface area contributed by atoms with Crippen molar-refractivity contribution in [2.75, 3.05) is 13.1 Å². The molecule has 0 aliphatic heterocycles. The first-order chi connectivity index (χ1) is 10.5. The minimum absolute atomic E-state index is 0.253. The van der Waals surface area contributed by atoms with Crippen molar-refractivity contribution in [2.24, 2.45) is 0 Å². The van der Waals surface area contributed by atoms with Gasteiger partial charge in [0.05, 0.1) is 0 Å². The fourth-order valence-corrected chi connectivity index (χ4v) is 2.96. The first-order valence-electron chi connectivity index (χ1n) is 8.24. The average molecular weight is 341 g/mol. The van der Waals surface area contributed by atoms with Gasteiger partial charge in [-0.15, -0.1) is 0 Å². The van der Waals surface area contributed by atoms with Crippen LogP contribution < -0.4 is 5.32 Å². The normalized spacial score (nSPS) is 13.7. The first kappa shape index (κ1) is 20.0. The van der Waals surface area contributed by atoms with Crippen molar-refractivity contribution in [3.05, 3.63) is 22.4 Å². The van der Waals surface area contributed by atoms with Crippen LogP contribution in [0.1, 0.15) is 54.0 Å². The highest BCUT2D eigenvalue weighted by atomic mass is 32.1. The molecule has 0 aliphatic carbocycles. The molecule has 0 saturated carbocycles. The molecule has 0 aromatic carbocycles. The van der Waals surface area contributed by atoms with Crippen molar-refractivity contribution < 1.29 is 9.53 Å². The van der Waals surface area contributed by atoms with Crippen LogP contribution in [0, 0.1) is 0 Å². The molecule has 1 heterocycles. The first-order valence-corrected chi connectivity index (χ1v) is 9.18. The van der Waals surface area contributed by atoms with Gasteiger partial charge in [0.15, 0.2) is 0 Å². The van der Waals surface area contributed by atoms with Gasteiger partial charge < -0.3 is 15.0 Å². The summed E-state index contributed by atoms with van der Waals surface area (Å²) in [5.74, 6) is 0. The standard InChI is InChI=1S/C18H32N2O2S/c1-14(12-15-8-11-23-13-15)19-9-10-20(17(2,3)4)16(21)22-18(5,6)7/h8,11,13-14,19H,9-10,12H2,1-7H3. The summed E-state index contributed by atoms with van der Waals surface area (Å²) < 4.78 is 5.53. The Labute approximate surface area is 145 Å². The van der Waals surface area contributed by atoms with Crippen molar-refractivity contribution in [1.29, 1.82) is 0 Å². The summed E-state index contributed by atoms with van der Waals surface area (Å²) in [6, 6.07) is 2.54. The molecule has 132 valence electrons. The number of hydrogen-bond acceptors (Lipinski definition) is 4. The lowest BCUT2D eigenvalue weighted by Gasteiger charge is -2.37. The molecule has 23 heavy (non-hydrogen) atoms. The molecule has 0 spiro atoms. The van der Waals surface area contributed by atoms with E-state index in [-0.39, 0.29) is 11.6 Å². The van der Waals surface area contributed by atoms with Gasteiger partial charge in [-0.1, -0.05) is 0 Å². The van der Waals surface area contributed by atoms with E-state index in [1.54, 1.807) is 16.2 Å². The maximum Gasteiger partial charge on any atom is 0.410 e. The average Bonchev–Trinajstić information content (AvgIpc) is 2.83. The summed E-state index contributed by atoms with van der Waals surface area (Å²) in [6.45, 7) is 15.3. The Morgan fingerprint density at radius 3 is 2.43 bits per heavy atom. The lowest BCUT2D eigenvalue weighted by molar-refractivity contribution is 0.00649. The van der Waals surface area contributed by atoms with Gasteiger partial charge in [0, 0.05) is 24.7 Å². The van der Waals surface area contributed by atoms with Crippen molar-refractivity contribution in [3.8, 4) is 0 Å². The van der Waals surface area contributed by atoms with Crippen LogP contribution in [0.25, 0.3) is 0 Å². The molecule has 5 heteroatoms. The number of nitrogens with zero attached hydrogens (tertiary/aromatic N) is 1. The second-order valence-corrected chi connectivity index (χ2v) is 8.77. The zero-order valence-corrected chi connectivity index (χ0v) is 16.4. The number of amides is 1. The highest BCUT2D eigenvalue weighted by Gasteiger charge is 2.30. The summed E-state index contributed by atoms with van der Waals surface area (Å²) in [7, 11) is 0. The van der Waals surface area contributed by atoms with Crippen LogP contribution in [0.2, 0.25) is 0 Å².